The first-order valence-electron chi connectivity index (χ1n) is 18.8. The maximum absolute atomic E-state index is 12.4. The number of hydrogen-bond acceptors (Lipinski definition) is 7. The maximum atomic E-state index is 12.4. The van der Waals surface area contributed by atoms with Gasteiger partial charge in [0.1, 0.15) is 6.23 Å². The molecule has 0 aliphatic heterocycles. The van der Waals surface area contributed by atoms with E-state index in [4.69, 9.17) is 13.3 Å². The van der Waals surface area contributed by atoms with Crippen molar-refractivity contribution in [3.05, 3.63) is 0 Å². The van der Waals surface area contributed by atoms with Gasteiger partial charge in [0.15, 0.2) is 0 Å². The van der Waals surface area contributed by atoms with Crippen molar-refractivity contribution in [2.24, 2.45) is 0 Å². The fourth-order valence-electron chi connectivity index (χ4n) is 5.48. The van der Waals surface area contributed by atoms with Gasteiger partial charge in [-0.3, -0.25) is 14.5 Å². The first-order chi connectivity index (χ1) is 21.4. The Kier molecular flexibility index (Phi) is 31.2. The van der Waals surface area contributed by atoms with E-state index >= 15 is 0 Å². The van der Waals surface area contributed by atoms with Gasteiger partial charge in [0.25, 0.3) is 5.12 Å². The van der Waals surface area contributed by atoms with E-state index in [-0.39, 0.29) is 17.1 Å². The Bertz CT molecular complexity index is 642. The molecule has 0 amide bonds. The molecule has 0 aliphatic rings. The van der Waals surface area contributed by atoms with Crippen LogP contribution in [0.25, 0.3) is 0 Å². The number of Topliss-reactive ketones (excluding diaryl/α,β-unsaturated/α-hetero) is 1. The van der Waals surface area contributed by atoms with E-state index in [0.29, 0.717) is 31.4 Å². The highest BCUT2D eigenvalue weighted by molar-refractivity contribution is 8.15. The minimum absolute atomic E-state index is 0.0942. The lowest BCUT2D eigenvalue weighted by Gasteiger charge is -2.36. The van der Waals surface area contributed by atoms with Crippen LogP contribution in [0.15, 0.2) is 0 Å². The molecule has 0 radical (unpaired) electrons. The van der Waals surface area contributed by atoms with Gasteiger partial charge in [-0.2, -0.15) is 0 Å². The molecule has 0 spiro atoms. The summed E-state index contributed by atoms with van der Waals surface area (Å²) in [5.41, 5.74) is 0. The van der Waals surface area contributed by atoms with Crippen LogP contribution < -0.4 is 0 Å². The summed E-state index contributed by atoms with van der Waals surface area (Å²) in [5.74, 6) is 0.355. The van der Waals surface area contributed by atoms with Crippen molar-refractivity contribution in [2.75, 3.05) is 32.1 Å². The standard InChI is InChI=1S/C36H73NO5SSi/c1-7-12-15-17-19-21-23-26-30-40-44(42-34(6)37(10-4)11-5,41-31-27-24-22-20-18-16-13-8-2)33-28-32-43-36(39)35(38)29-25-14-9-3/h34H,7-33H2,1-6H3. The molecule has 0 bridgehead atoms. The van der Waals surface area contributed by atoms with E-state index in [2.05, 4.69) is 46.4 Å². The van der Waals surface area contributed by atoms with Gasteiger partial charge in [-0.15, -0.1) is 0 Å². The molecule has 0 saturated carbocycles. The van der Waals surface area contributed by atoms with Crippen molar-refractivity contribution in [3.8, 4) is 0 Å². The Morgan fingerprint density at radius 1 is 0.614 bits per heavy atom. The molecule has 44 heavy (non-hydrogen) atoms. The molecule has 1 atom stereocenters. The van der Waals surface area contributed by atoms with E-state index in [9.17, 15) is 9.59 Å². The number of carbonyl (C=O) groups is 2. The van der Waals surface area contributed by atoms with Crippen LogP contribution in [-0.4, -0.2) is 62.9 Å². The smallest absolute Gasteiger partial charge is 0.373 e. The predicted octanol–water partition coefficient (Wildman–Crippen LogP) is 10.7. The van der Waals surface area contributed by atoms with E-state index in [0.717, 1.165) is 63.4 Å². The van der Waals surface area contributed by atoms with Gasteiger partial charge in [0, 0.05) is 31.4 Å². The number of unbranched alkanes of at least 4 members (excludes halogenated alkanes) is 16. The van der Waals surface area contributed by atoms with Crippen LogP contribution in [0.5, 0.6) is 0 Å². The monoisotopic (exact) mass is 659 g/mol. The summed E-state index contributed by atoms with van der Waals surface area (Å²) in [6, 6.07) is 0.678. The third-order valence-corrected chi connectivity index (χ3v) is 12.3. The fraction of sp³-hybridized carbons (Fsp3) is 0.944. The normalized spacial score (nSPS) is 12.7. The van der Waals surface area contributed by atoms with Crippen molar-refractivity contribution in [1.29, 1.82) is 0 Å². The fourth-order valence-corrected chi connectivity index (χ4v) is 9.29. The molecule has 0 aromatic heterocycles. The molecule has 6 nitrogen and oxygen atoms in total. The summed E-state index contributed by atoms with van der Waals surface area (Å²) >= 11 is 1.16. The van der Waals surface area contributed by atoms with Gasteiger partial charge < -0.3 is 13.3 Å². The minimum Gasteiger partial charge on any atom is -0.373 e. The Morgan fingerprint density at radius 2 is 1.05 bits per heavy atom. The lowest BCUT2D eigenvalue weighted by molar-refractivity contribution is -0.131. The SMILES string of the molecule is CCCCCCCCCCO[Si](CCCSC(=O)C(=O)CCCCC)(OCCCCCCCCCC)OC(C)N(CC)CC. The second-order valence-corrected chi connectivity index (χ2v) is 16.1. The Balaban J connectivity index is 5.22. The molecule has 8 heteroatoms. The van der Waals surface area contributed by atoms with E-state index < -0.39 is 8.80 Å². The van der Waals surface area contributed by atoms with Gasteiger partial charge in [-0.25, -0.2) is 0 Å². The van der Waals surface area contributed by atoms with Crippen LogP contribution in [-0.2, 0) is 22.9 Å². The number of nitrogens with zero attached hydrogens (tertiary/aromatic N) is 1. The molecule has 0 fully saturated rings. The molecular weight excluding hydrogens is 587 g/mol. The lowest BCUT2D eigenvalue weighted by Crippen LogP contribution is -2.52. The van der Waals surface area contributed by atoms with Crippen LogP contribution >= 0.6 is 11.8 Å². The molecule has 0 N–H and O–H groups in total. The van der Waals surface area contributed by atoms with Gasteiger partial charge >= 0.3 is 8.80 Å². The summed E-state index contributed by atoms with van der Waals surface area (Å²) < 4.78 is 20.2. The van der Waals surface area contributed by atoms with Crippen LogP contribution in [0.1, 0.15) is 176 Å². The van der Waals surface area contributed by atoms with Crippen molar-refractivity contribution in [1.82, 2.24) is 4.90 Å². The highest BCUT2D eigenvalue weighted by Gasteiger charge is 2.43. The highest BCUT2D eigenvalue weighted by Crippen LogP contribution is 2.25. The minimum atomic E-state index is -3.00. The average Bonchev–Trinajstić information content (AvgIpc) is 3.02. The highest BCUT2D eigenvalue weighted by atomic mass is 32.2. The second kappa shape index (κ2) is 31.4. The molecule has 262 valence electrons. The van der Waals surface area contributed by atoms with Gasteiger partial charge in [0.05, 0.1) is 0 Å². The van der Waals surface area contributed by atoms with Gasteiger partial charge in [-0.05, 0) is 45.7 Å². The molecule has 1 unspecified atom stereocenters. The quantitative estimate of drug-likeness (QED) is 0.0295. The molecule has 0 aliphatic carbocycles. The van der Waals surface area contributed by atoms with Crippen LogP contribution in [0.4, 0.5) is 0 Å². The average molecular weight is 660 g/mol. The zero-order valence-corrected chi connectivity index (χ0v) is 31.9. The summed E-state index contributed by atoms with van der Waals surface area (Å²) in [7, 11) is -3.00. The van der Waals surface area contributed by atoms with E-state index in [1.54, 1.807) is 0 Å². The Morgan fingerprint density at radius 3 is 1.50 bits per heavy atom. The topological polar surface area (TPSA) is 65.1 Å². The third-order valence-electron chi connectivity index (χ3n) is 8.41. The van der Waals surface area contributed by atoms with Crippen LogP contribution in [0.2, 0.25) is 6.04 Å². The zero-order chi connectivity index (χ0) is 32.7. The molecular formula is C36H73NO5SSi. The lowest BCUT2D eigenvalue weighted by atomic mass is 10.1. The zero-order valence-electron chi connectivity index (χ0n) is 30.1. The third kappa shape index (κ3) is 24.0. The number of hydrogen-bond donors (Lipinski definition) is 0. The van der Waals surface area contributed by atoms with Gasteiger partial charge in [-0.1, -0.05) is 149 Å². The van der Waals surface area contributed by atoms with Crippen molar-refractivity contribution in [3.63, 3.8) is 0 Å². The molecule has 0 aromatic carbocycles. The van der Waals surface area contributed by atoms with E-state index in [1.807, 2.05) is 0 Å². The summed E-state index contributed by atoms with van der Waals surface area (Å²) in [5, 5.41) is -0.300. The number of carbonyl (C=O) groups excluding carboxylic acids is 2. The Hall–Kier alpha value is -0.253. The summed E-state index contributed by atoms with van der Waals surface area (Å²) in [4.78, 5) is 27.0. The van der Waals surface area contributed by atoms with Crippen molar-refractivity contribution in [2.45, 2.75) is 189 Å². The van der Waals surface area contributed by atoms with Crippen molar-refractivity contribution < 1.29 is 22.9 Å². The predicted molar refractivity (Wildman–Crippen MR) is 192 cm³/mol. The first-order valence-corrected chi connectivity index (χ1v) is 21.7. The van der Waals surface area contributed by atoms with Gasteiger partial charge in [0.2, 0.25) is 5.78 Å². The summed E-state index contributed by atoms with van der Waals surface area (Å²) in [6.07, 6.45) is 23.9. The summed E-state index contributed by atoms with van der Waals surface area (Å²) in [6.45, 7) is 16.2. The number of thioether (sulfide) groups is 1. The second-order valence-electron chi connectivity index (χ2n) is 12.4. The first kappa shape index (κ1) is 43.7. The maximum Gasteiger partial charge on any atom is 0.502 e. The van der Waals surface area contributed by atoms with Crippen LogP contribution in [0.3, 0.4) is 0 Å². The Labute approximate surface area is 279 Å². The molecule has 0 aromatic rings. The molecule has 0 saturated heterocycles. The van der Waals surface area contributed by atoms with E-state index in [1.165, 1.54) is 89.9 Å². The largest absolute Gasteiger partial charge is 0.502 e. The van der Waals surface area contributed by atoms with Crippen molar-refractivity contribution >= 4 is 31.5 Å². The number of rotatable bonds is 34. The number of ketones is 1. The van der Waals surface area contributed by atoms with Crippen LogP contribution in [0, 0.1) is 0 Å². The molecule has 0 heterocycles. The molecule has 0 rings (SSSR count).